The fourth-order valence-electron chi connectivity index (χ4n) is 3.02. The summed E-state index contributed by atoms with van der Waals surface area (Å²) in [5.41, 5.74) is 4.26. The van der Waals surface area contributed by atoms with Crippen LogP contribution in [-0.4, -0.2) is 25.3 Å². The van der Waals surface area contributed by atoms with E-state index in [1.165, 1.54) is 6.21 Å². The predicted octanol–water partition coefficient (Wildman–Crippen LogP) is 7.18. The number of carbonyl (C=O) groups excluding carboxylic acids is 1. The van der Waals surface area contributed by atoms with Crippen molar-refractivity contribution in [1.29, 1.82) is 0 Å². The molecule has 184 valence electrons. The van der Waals surface area contributed by atoms with E-state index < -0.39 is 5.91 Å². The van der Waals surface area contributed by atoms with E-state index >= 15 is 0 Å². The Balaban J connectivity index is 1.70. The minimum Gasteiger partial charge on any atom is -0.490 e. The molecule has 0 radical (unpaired) electrons. The monoisotopic (exact) mass is 534 g/mol. The van der Waals surface area contributed by atoms with Gasteiger partial charge in [0.2, 0.25) is 0 Å². The van der Waals surface area contributed by atoms with Gasteiger partial charge in [0.1, 0.15) is 12.4 Å². The van der Waals surface area contributed by atoms with Gasteiger partial charge in [-0.15, -0.1) is 0 Å². The zero-order valence-corrected chi connectivity index (χ0v) is 21.6. The van der Waals surface area contributed by atoms with E-state index in [0.717, 1.165) is 12.0 Å². The standard InChI is InChI=1S/C26H25Cl3N2O4/c1-3-11-34-24-9-6-17(13-25(24)33-4-2)26(32)31-30-15-19-12-20(27)8-10-23(19)35-16-18-5-7-21(28)14-22(18)29/h5-10,12-15H,3-4,11,16H2,1-2H3,(H,31,32)/b30-15+. The van der Waals surface area contributed by atoms with Crippen LogP contribution in [0, 0.1) is 0 Å². The first-order valence-corrected chi connectivity index (χ1v) is 12.1. The van der Waals surface area contributed by atoms with E-state index in [9.17, 15) is 4.79 Å². The van der Waals surface area contributed by atoms with Crippen LogP contribution in [-0.2, 0) is 6.61 Å². The summed E-state index contributed by atoms with van der Waals surface area (Å²) in [6.45, 7) is 5.11. The van der Waals surface area contributed by atoms with Gasteiger partial charge in [0, 0.05) is 31.8 Å². The molecule has 0 fully saturated rings. The smallest absolute Gasteiger partial charge is 0.271 e. The first-order valence-electron chi connectivity index (χ1n) is 11.0. The van der Waals surface area contributed by atoms with E-state index in [4.69, 9.17) is 49.0 Å². The highest BCUT2D eigenvalue weighted by atomic mass is 35.5. The molecule has 0 spiro atoms. The van der Waals surface area contributed by atoms with Crippen LogP contribution in [0.4, 0.5) is 0 Å². The SMILES string of the molecule is CCCOc1ccc(C(=O)N/N=C/c2cc(Cl)ccc2OCc2ccc(Cl)cc2Cl)cc1OCC. The van der Waals surface area contributed by atoms with Gasteiger partial charge >= 0.3 is 0 Å². The van der Waals surface area contributed by atoms with Crippen molar-refractivity contribution in [1.82, 2.24) is 5.43 Å². The van der Waals surface area contributed by atoms with Crippen LogP contribution in [0.15, 0.2) is 59.7 Å². The van der Waals surface area contributed by atoms with Crippen molar-refractivity contribution in [2.45, 2.75) is 26.9 Å². The lowest BCUT2D eigenvalue weighted by Gasteiger charge is -2.12. The molecule has 0 bridgehead atoms. The minimum absolute atomic E-state index is 0.220. The second kappa shape index (κ2) is 13.2. The Morgan fingerprint density at radius 1 is 0.886 bits per heavy atom. The Kier molecular flexibility index (Phi) is 10.1. The molecule has 0 saturated carbocycles. The lowest BCUT2D eigenvalue weighted by Crippen LogP contribution is -2.18. The van der Waals surface area contributed by atoms with Crippen molar-refractivity contribution in [2.75, 3.05) is 13.2 Å². The van der Waals surface area contributed by atoms with Gasteiger partial charge in [0.25, 0.3) is 5.91 Å². The van der Waals surface area contributed by atoms with Crippen LogP contribution >= 0.6 is 34.8 Å². The molecule has 1 N–H and O–H groups in total. The number of nitrogens with one attached hydrogen (secondary N) is 1. The molecular formula is C26H25Cl3N2O4. The molecule has 35 heavy (non-hydrogen) atoms. The van der Waals surface area contributed by atoms with Crippen molar-refractivity contribution < 1.29 is 19.0 Å². The van der Waals surface area contributed by atoms with Crippen LogP contribution in [0.5, 0.6) is 17.2 Å². The first-order chi connectivity index (χ1) is 16.9. The Morgan fingerprint density at radius 2 is 1.63 bits per heavy atom. The van der Waals surface area contributed by atoms with Crippen molar-refractivity contribution in [3.8, 4) is 17.2 Å². The van der Waals surface area contributed by atoms with Gasteiger partial charge in [-0.2, -0.15) is 5.10 Å². The van der Waals surface area contributed by atoms with E-state index in [1.54, 1.807) is 54.6 Å². The number of amides is 1. The molecule has 0 atom stereocenters. The van der Waals surface area contributed by atoms with Gasteiger partial charge in [-0.25, -0.2) is 5.43 Å². The molecule has 0 aromatic heterocycles. The third-order valence-electron chi connectivity index (χ3n) is 4.71. The van der Waals surface area contributed by atoms with E-state index in [2.05, 4.69) is 10.5 Å². The molecule has 1 amide bonds. The highest BCUT2D eigenvalue weighted by molar-refractivity contribution is 6.35. The number of benzene rings is 3. The molecule has 3 rings (SSSR count). The number of hydrogen-bond acceptors (Lipinski definition) is 5. The van der Waals surface area contributed by atoms with Gasteiger partial charge in [-0.05, 0) is 61.9 Å². The normalized spacial score (nSPS) is 10.9. The Hall–Kier alpha value is -2.93. The average molecular weight is 536 g/mol. The third kappa shape index (κ3) is 7.79. The number of hydrazone groups is 1. The van der Waals surface area contributed by atoms with Crippen LogP contribution < -0.4 is 19.6 Å². The molecule has 0 aliphatic heterocycles. The molecule has 0 saturated heterocycles. The maximum Gasteiger partial charge on any atom is 0.271 e. The topological polar surface area (TPSA) is 69.2 Å². The number of halogens is 3. The highest BCUT2D eigenvalue weighted by Gasteiger charge is 2.12. The molecule has 6 nitrogen and oxygen atoms in total. The molecule has 3 aromatic rings. The summed E-state index contributed by atoms with van der Waals surface area (Å²) >= 11 is 18.3. The third-order valence-corrected chi connectivity index (χ3v) is 5.53. The molecule has 9 heteroatoms. The zero-order valence-electron chi connectivity index (χ0n) is 19.3. The van der Waals surface area contributed by atoms with E-state index in [0.29, 0.717) is 56.7 Å². The Bertz CT molecular complexity index is 1200. The van der Waals surface area contributed by atoms with Gasteiger partial charge < -0.3 is 14.2 Å². The van der Waals surface area contributed by atoms with Gasteiger partial charge in [0.05, 0.1) is 19.4 Å². The molecule has 0 unspecified atom stereocenters. The van der Waals surface area contributed by atoms with E-state index in [1.807, 2.05) is 13.8 Å². The fourth-order valence-corrected chi connectivity index (χ4v) is 3.66. The number of carbonyl (C=O) groups is 1. The number of ether oxygens (including phenoxy) is 3. The molecular weight excluding hydrogens is 511 g/mol. The van der Waals surface area contributed by atoms with E-state index in [-0.39, 0.29) is 6.61 Å². The maximum atomic E-state index is 12.6. The van der Waals surface area contributed by atoms with Crippen molar-refractivity contribution in [2.24, 2.45) is 5.10 Å². The van der Waals surface area contributed by atoms with Crippen LogP contribution in [0.25, 0.3) is 0 Å². The van der Waals surface area contributed by atoms with Gasteiger partial charge in [-0.3, -0.25) is 4.79 Å². The lowest BCUT2D eigenvalue weighted by molar-refractivity contribution is 0.0954. The summed E-state index contributed by atoms with van der Waals surface area (Å²) in [5.74, 6) is 1.22. The van der Waals surface area contributed by atoms with Crippen molar-refractivity contribution in [3.63, 3.8) is 0 Å². The van der Waals surface area contributed by atoms with Gasteiger partial charge in [0.15, 0.2) is 11.5 Å². The summed E-state index contributed by atoms with van der Waals surface area (Å²) in [7, 11) is 0. The largest absolute Gasteiger partial charge is 0.490 e. The summed E-state index contributed by atoms with van der Waals surface area (Å²) in [4.78, 5) is 12.6. The second-order valence-electron chi connectivity index (χ2n) is 7.35. The average Bonchev–Trinajstić information content (AvgIpc) is 2.83. The second-order valence-corrected chi connectivity index (χ2v) is 8.63. The van der Waals surface area contributed by atoms with Crippen LogP contribution in [0.3, 0.4) is 0 Å². The van der Waals surface area contributed by atoms with Crippen molar-refractivity contribution in [3.05, 3.63) is 86.4 Å². The van der Waals surface area contributed by atoms with Gasteiger partial charge in [-0.1, -0.05) is 47.8 Å². The minimum atomic E-state index is -0.401. The fraction of sp³-hybridized carbons (Fsp3) is 0.231. The zero-order chi connectivity index (χ0) is 25.2. The van der Waals surface area contributed by atoms with Crippen LogP contribution in [0.1, 0.15) is 41.8 Å². The van der Waals surface area contributed by atoms with Crippen molar-refractivity contribution >= 4 is 46.9 Å². The predicted molar refractivity (Wildman–Crippen MR) is 141 cm³/mol. The molecule has 0 heterocycles. The quantitative estimate of drug-likeness (QED) is 0.209. The highest BCUT2D eigenvalue weighted by Crippen LogP contribution is 2.29. The summed E-state index contributed by atoms with van der Waals surface area (Å²) in [5, 5.41) is 5.62. The molecule has 0 aliphatic rings. The summed E-state index contributed by atoms with van der Waals surface area (Å²) in [6.07, 6.45) is 2.33. The van der Waals surface area contributed by atoms with Crippen LogP contribution in [0.2, 0.25) is 15.1 Å². The number of nitrogens with zero attached hydrogens (tertiary/aromatic N) is 1. The maximum absolute atomic E-state index is 12.6. The molecule has 3 aromatic carbocycles. The molecule has 0 aliphatic carbocycles. The summed E-state index contributed by atoms with van der Waals surface area (Å²) in [6, 6.07) is 15.3. The number of rotatable bonds is 11. The number of hydrogen-bond donors (Lipinski definition) is 1. The lowest BCUT2D eigenvalue weighted by atomic mass is 10.2. The summed E-state index contributed by atoms with van der Waals surface area (Å²) < 4.78 is 17.2. The Labute approximate surface area is 219 Å². The Morgan fingerprint density at radius 3 is 2.37 bits per heavy atom. The first kappa shape index (κ1) is 26.7.